The van der Waals surface area contributed by atoms with Gasteiger partial charge in [0.05, 0.1) is 0 Å². The number of hydrogen-bond donors (Lipinski definition) is 2. The summed E-state index contributed by atoms with van der Waals surface area (Å²) in [5.74, 6) is -0.675. The predicted molar refractivity (Wildman–Crippen MR) is 44.1 cm³/mol. The first kappa shape index (κ1) is 9.60. The van der Waals surface area contributed by atoms with E-state index in [4.69, 9.17) is 10.2 Å². The van der Waals surface area contributed by atoms with Crippen LogP contribution in [0, 0.1) is 6.92 Å². The standard InChI is InChI=1S/C8H10N2O3/c1-5-9-3-2-6(10-5)4-7(11)8(12)13/h2-3,7,11H,4H2,1H3,(H,12,13). The number of aliphatic carboxylic acids is 1. The van der Waals surface area contributed by atoms with E-state index in [-0.39, 0.29) is 6.42 Å². The number of aliphatic hydroxyl groups excluding tert-OH is 1. The molecule has 0 saturated carbocycles. The highest BCUT2D eigenvalue weighted by Crippen LogP contribution is 1.99. The maximum atomic E-state index is 10.3. The minimum absolute atomic E-state index is 0.0126. The van der Waals surface area contributed by atoms with E-state index in [1.165, 1.54) is 6.20 Å². The van der Waals surface area contributed by atoms with Gasteiger partial charge in [0.2, 0.25) is 0 Å². The molecule has 0 amide bonds. The number of aryl methyl sites for hydroxylation is 1. The van der Waals surface area contributed by atoms with Crippen molar-refractivity contribution in [2.45, 2.75) is 19.4 Å². The maximum absolute atomic E-state index is 10.3. The molecule has 2 N–H and O–H groups in total. The number of carboxylic acid groups (broad SMARTS) is 1. The smallest absolute Gasteiger partial charge is 0.332 e. The third kappa shape index (κ3) is 2.79. The van der Waals surface area contributed by atoms with Gasteiger partial charge in [0.25, 0.3) is 0 Å². The Morgan fingerprint density at radius 2 is 2.38 bits per heavy atom. The lowest BCUT2D eigenvalue weighted by Gasteiger charge is -2.04. The predicted octanol–water partition coefficient (Wildman–Crippen LogP) is -0.227. The third-order valence-corrected chi connectivity index (χ3v) is 1.52. The van der Waals surface area contributed by atoms with Crippen molar-refractivity contribution in [3.8, 4) is 0 Å². The van der Waals surface area contributed by atoms with E-state index in [2.05, 4.69) is 9.97 Å². The van der Waals surface area contributed by atoms with Gasteiger partial charge in [-0.3, -0.25) is 0 Å². The van der Waals surface area contributed by atoms with Crippen LogP contribution < -0.4 is 0 Å². The summed E-state index contributed by atoms with van der Waals surface area (Å²) < 4.78 is 0. The zero-order valence-electron chi connectivity index (χ0n) is 7.14. The molecule has 0 fully saturated rings. The van der Waals surface area contributed by atoms with E-state index in [9.17, 15) is 4.79 Å². The molecule has 0 saturated heterocycles. The van der Waals surface area contributed by atoms with E-state index in [0.29, 0.717) is 11.5 Å². The van der Waals surface area contributed by atoms with Gasteiger partial charge in [0, 0.05) is 18.3 Å². The number of carbonyl (C=O) groups is 1. The fraction of sp³-hybridized carbons (Fsp3) is 0.375. The first-order valence-electron chi connectivity index (χ1n) is 3.79. The third-order valence-electron chi connectivity index (χ3n) is 1.52. The average Bonchev–Trinajstić information content (AvgIpc) is 2.04. The van der Waals surface area contributed by atoms with Crippen molar-refractivity contribution < 1.29 is 15.0 Å². The van der Waals surface area contributed by atoms with Crippen molar-refractivity contribution in [3.05, 3.63) is 23.8 Å². The molecule has 1 atom stereocenters. The van der Waals surface area contributed by atoms with Crippen LogP contribution in [0.1, 0.15) is 11.5 Å². The number of nitrogens with zero attached hydrogens (tertiary/aromatic N) is 2. The summed E-state index contributed by atoms with van der Waals surface area (Å²) >= 11 is 0. The minimum Gasteiger partial charge on any atom is -0.479 e. The van der Waals surface area contributed by atoms with Crippen LogP contribution >= 0.6 is 0 Å². The van der Waals surface area contributed by atoms with Crippen molar-refractivity contribution in [1.82, 2.24) is 9.97 Å². The van der Waals surface area contributed by atoms with Crippen LogP contribution in [0.2, 0.25) is 0 Å². The Balaban J connectivity index is 2.69. The molecule has 0 bridgehead atoms. The molecule has 0 aromatic carbocycles. The van der Waals surface area contributed by atoms with Crippen LogP contribution in [0.4, 0.5) is 0 Å². The Labute approximate surface area is 75.1 Å². The summed E-state index contributed by atoms with van der Waals surface area (Å²) in [5.41, 5.74) is 0.530. The van der Waals surface area contributed by atoms with E-state index < -0.39 is 12.1 Å². The lowest BCUT2D eigenvalue weighted by Crippen LogP contribution is -2.22. The molecule has 1 rings (SSSR count). The molecular weight excluding hydrogens is 172 g/mol. The van der Waals surface area contributed by atoms with Gasteiger partial charge < -0.3 is 10.2 Å². The molecule has 70 valence electrons. The molecule has 0 aliphatic rings. The van der Waals surface area contributed by atoms with Crippen LogP contribution in [0.25, 0.3) is 0 Å². The maximum Gasteiger partial charge on any atom is 0.332 e. The lowest BCUT2D eigenvalue weighted by atomic mass is 10.2. The zero-order chi connectivity index (χ0) is 9.84. The Morgan fingerprint density at radius 3 is 2.92 bits per heavy atom. The molecular formula is C8H10N2O3. The van der Waals surface area contributed by atoms with Gasteiger partial charge in [0.15, 0.2) is 6.10 Å². The van der Waals surface area contributed by atoms with Crippen molar-refractivity contribution in [1.29, 1.82) is 0 Å². The van der Waals surface area contributed by atoms with Crippen LogP contribution in [-0.4, -0.2) is 32.3 Å². The van der Waals surface area contributed by atoms with Gasteiger partial charge in [-0.25, -0.2) is 14.8 Å². The summed E-state index contributed by atoms with van der Waals surface area (Å²) in [6, 6.07) is 1.58. The fourth-order valence-corrected chi connectivity index (χ4v) is 0.904. The molecule has 1 aromatic rings. The van der Waals surface area contributed by atoms with Crippen LogP contribution in [-0.2, 0) is 11.2 Å². The summed E-state index contributed by atoms with van der Waals surface area (Å²) in [6.45, 7) is 1.71. The summed E-state index contributed by atoms with van der Waals surface area (Å²) in [4.78, 5) is 18.1. The molecule has 5 heteroatoms. The number of rotatable bonds is 3. The first-order valence-corrected chi connectivity index (χ1v) is 3.79. The molecule has 1 unspecified atom stereocenters. The highest BCUT2D eigenvalue weighted by molar-refractivity contribution is 5.72. The monoisotopic (exact) mass is 182 g/mol. The van der Waals surface area contributed by atoms with Crippen molar-refractivity contribution in [2.24, 2.45) is 0 Å². The Kier molecular flexibility index (Phi) is 2.92. The minimum atomic E-state index is -1.39. The lowest BCUT2D eigenvalue weighted by molar-refractivity contribution is -0.146. The van der Waals surface area contributed by atoms with E-state index in [1.807, 2.05) is 0 Å². The Morgan fingerprint density at radius 1 is 1.69 bits per heavy atom. The second-order valence-electron chi connectivity index (χ2n) is 2.65. The number of aromatic nitrogens is 2. The second kappa shape index (κ2) is 3.95. The first-order chi connectivity index (χ1) is 6.09. The molecule has 1 heterocycles. The van der Waals surface area contributed by atoms with Gasteiger partial charge in [-0.05, 0) is 13.0 Å². The van der Waals surface area contributed by atoms with E-state index in [0.717, 1.165) is 0 Å². The average molecular weight is 182 g/mol. The number of hydrogen-bond acceptors (Lipinski definition) is 4. The second-order valence-corrected chi connectivity index (χ2v) is 2.65. The largest absolute Gasteiger partial charge is 0.479 e. The normalized spacial score (nSPS) is 12.5. The molecule has 5 nitrogen and oxygen atoms in total. The van der Waals surface area contributed by atoms with Gasteiger partial charge in [-0.2, -0.15) is 0 Å². The quantitative estimate of drug-likeness (QED) is 0.674. The Bertz CT molecular complexity index is 314. The van der Waals surface area contributed by atoms with Crippen LogP contribution in [0.15, 0.2) is 12.3 Å². The zero-order valence-corrected chi connectivity index (χ0v) is 7.14. The molecule has 0 aliphatic heterocycles. The van der Waals surface area contributed by atoms with Crippen molar-refractivity contribution in [3.63, 3.8) is 0 Å². The molecule has 13 heavy (non-hydrogen) atoms. The van der Waals surface area contributed by atoms with E-state index in [1.54, 1.807) is 13.0 Å². The summed E-state index contributed by atoms with van der Waals surface area (Å²) in [6.07, 6.45) is 0.152. The highest BCUT2D eigenvalue weighted by atomic mass is 16.4. The number of aliphatic hydroxyl groups is 1. The van der Waals surface area contributed by atoms with Gasteiger partial charge in [-0.15, -0.1) is 0 Å². The molecule has 0 radical (unpaired) electrons. The summed E-state index contributed by atoms with van der Waals surface area (Å²) in [7, 11) is 0. The highest BCUT2D eigenvalue weighted by Gasteiger charge is 2.14. The SMILES string of the molecule is Cc1nccc(CC(O)C(=O)O)n1. The van der Waals surface area contributed by atoms with E-state index >= 15 is 0 Å². The van der Waals surface area contributed by atoms with Crippen molar-refractivity contribution in [2.75, 3.05) is 0 Å². The van der Waals surface area contributed by atoms with Crippen LogP contribution in [0.3, 0.4) is 0 Å². The molecule has 0 aliphatic carbocycles. The number of carboxylic acids is 1. The fourth-order valence-electron chi connectivity index (χ4n) is 0.904. The Hall–Kier alpha value is -1.49. The topological polar surface area (TPSA) is 83.3 Å². The van der Waals surface area contributed by atoms with Gasteiger partial charge in [-0.1, -0.05) is 0 Å². The van der Waals surface area contributed by atoms with Crippen molar-refractivity contribution >= 4 is 5.97 Å². The molecule has 0 spiro atoms. The van der Waals surface area contributed by atoms with Gasteiger partial charge in [0.1, 0.15) is 5.82 Å². The van der Waals surface area contributed by atoms with Gasteiger partial charge >= 0.3 is 5.97 Å². The molecule has 1 aromatic heterocycles. The summed E-state index contributed by atoms with van der Waals surface area (Å²) in [5, 5.41) is 17.4. The van der Waals surface area contributed by atoms with Crippen LogP contribution in [0.5, 0.6) is 0 Å².